The zero-order valence-electron chi connectivity index (χ0n) is 20.2. The van der Waals surface area contributed by atoms with E-state index in [2.05, 4.69) is 16.5 Å². The lowest BCUT2D eigenvalue weighted by Gasteiger charge is -2.26. The highest BCUT2D eigenvalue weighted by Crippen LogP contribution is 2.56. The van der Waals surface area contributed by atoms with Crippen LogP contribution in [0, 0.1) is 0 Å². The molecule has 8 nitrogen and oxygen atoms in total. The molecule has 9 heteroatoms. The van der Waals surface area contributed by atoms with E-state index < -0.39 is 18.6 Å². The molecule has 1 saturated carbocycles. The van der Waals surface area contributed by atoms with Gasteiger partial charge in [0.15, 0.2) is 0 Å². The fourth-order valence-electron chi connectivity index (χ4n) is 4.76. The summed E-state index contributed by atoms with van der Waals surface area (Å²) in [4.78, 5) is 31.4. The number of methoxy groups -OCH3 is 1. The molecule has 0 aromatic heterocycles. The average molecular weight is 520 g/mol. The van der Waals surface area contributed by atoms with Crippen LogP contribution in [0.25, 0.3) is 0 Å². The Morgan fingerprint density at radius 1 is 1.16 bits per heavy atom. The number of nitrogens with one attached hydrogen (secondary N) is 1. The van der Waals surface area contributed by atoms with E-state index in [1.807, 2.05) is 35.2 Å². The molecule has 1 unspecified atom stereocenters. The second kappa shape index (κ2) is 10.1. The fourth-order valence-corrected chi connectivity index (χ4v) is 4.89. The number of carbonyl (C=O) groups excluding carboxylic acids is 1. The molecule has 5 rings (SSSR count). The van der Waals surface area contributed by atoms with Crippen molar-refractivity contribution >= 4 is 41.1 Å². The monoisotopic (exact) mass is 519 g/mol. The van der Waals surface area contributed by atoms with Crippen LogP contribution in [0.2, 0.25) is 5.02 Å². The smallest absolute Gasteiger partial charge is 0.344 e. The van der Waals surface area contributed by atoms with Gasteiger partial charge >= 0.3 is 5.97 Å². The summed E-state index contributed by atoms with van der Waals surface area (Å²) in [5, 5.41) is 16.4. The number of hydrogen-bond acceptors (Lipinski definition) is 6. The molecule has 0 saturated heterocycles. The molecule has 37 heavy (non-hydrogen) atoms. The summed E-state index contributed by atoms with van der Waals surface area (Å²) in [5.41, 5.74) is 4.26. The van der Waals surface area contributed by atoms with Gasteiger partial charge in [-0.25, -0.2) is 4.79 Å². The van der Waals surface area contributed by atoms with Gasteiger partial charge in [-0.2, -0.15) is 0 Å². The van der Waals surface area contributed by atoms with Crippen LogP contribution >= 0.6 is 11.6 Å². The first kappa shape index (κ1) is 24.6. The lowest BCUT2D eigenvalue weighted by Crippen LogP contribution is -2.38. The Bertz CT molecular complexity index is 1350. The van der Waals surface area contributed by atoms with E-state index in [1.165, 1.54) is 11.8 Å². The quantitative estimate of drug-likeness (QED) is 0.304. The third-order valence-corrected chi connectivity index (χ3v) is 6.99. The summed E-state index contributed by atoms with van der Waals surface area (Å²) in [7, 11) is 1.54. The number of halogens is 1. The number of amides is 1. The van der Waals surface area contributed by atoms with Crippen LogP contribution in [-0.4, -0.2) is 43.5 Å². The van der Waals surface area contributed by atoms with Gasteiger partial charge in [0, 0.05) is 40.0 Å². The van der Waals surface area contributed by atoms with Crippen LogP contribution in [0.15, 0.2) is 71.9 Å². The molecule has 1 fully saturated rings. The molecule has 1 spiro atoms. The molecule has 2 aliphatic rings. The van der Waals surface area contributed by atoms with Gasteiger partial charge in [-0.3, -0.25) is 4.79 Å². The van der Waals surface area contributed by atoms with Crippen molar-refractivity contribution < 1.29 is 24.3 Å². The molecule has 3 aromatic carbocycles. The van der Waals surface area contributed by atoms with E-state index in [1.54, 1.807) is 37.4 Å². The van der Waals surface area contributed by atoms with Crippen LogP contribution in [0.5, 0.6) is 5.75 Å². The largest absolute Gasteiger partial charge is 0.497 e. The van der Waals surface area contributed by atoms with Crippen molar-refractivity contribution in [2.24, 2.45) is 5.16 Å². The number of para-hydroxylation sites is 1. The summed E-state index contributed by atoms with van der Waals surface area (Å²) < 4.78 is 5.44. The maximum Gasteiger partial charge on any atom is 0.344 e. The van der Waals surface area contributed by atoms with E-state index in [0.29, 0.717) is 28.6 Å². The zero-order valence-corrected chi connectivity index (χ0v) is 20.9. The minimum atomic E-state index is -1.12. The molecule has 2 N–H and O–H groups in total. The number of rotatable bonds is 9. The molecule has 0 radical (unpaired) electrons. The minimum absolute atomic E-state index is 0.0619. The first-order chi connectivity index (χ1) is 17.9. The van der Waals surface area contributed by atoms with Gasteiger partial charge in [0.25, 0.3) is 5.91 Å². The fraction of sp³-hybridized carbons (Fsp3) is 0.250. The maximum atomic E-state index is 14.1. The van der Waals surface area contributed by atoms with Crippen molar-refractivity contribution in [2.45, 2.75) is 24.3 Å². The number of carbonyl (C=O) groups is 2. The third kappa shape index (κ3) is 5.24. The summed E-state index contributed by atoms with van der Waals surface area (Å²) >= 11 is 6.14. The predicted molar refractivity (Wildman–Crippen MR) is 142 cm³/mol. The number of carboxylic acid groups (broad SMARTS) is 1. The van der Waals surface area contributed by atoms with Gasteiger partial charge in [0.1, 0.15) is 11.8 Å². The molecule has 1 amide bonds. The van der Waals surface area contributed by atoms with Gasteiger partial charge < -0.3 is 24.9 Å². The van der Waals surface area contributed by atoms with Gasteiger partial charge in [-0.05, 0) is 54.3 Å². The minimum Gasteiger partial charge on any atom is -0.497 e. The molecule has 1 aliphatic heterocycles. The van der Waals surface area contributed by atoms with Crippen LogP contribution in [0.1, 0.15) is 35.6 Å². The van der Waals surface area contributed by atoms with Gasteiger partial charge in [-0.1, -0.05) is 47.1 Å². The summed E-state index contributed by atoms with van der Waals surface area (Å²) in [6.07, 6.45) is 3.55. The maximum absolute atomic E-state index is 14.1. The molecule has 0 bridgehead atoms. The van der Waals surface area contributed by atoms with E-state index in [-0.39, 0.29) is 11.3 Å². The molecule has 1 atom stereocenters. The van der Waals surface area contributed by atoms with Crippen LogP contribution in [0.4, 0.5) is 11.4 Å². The second-order valence-corrected chi connectivity index (χ2v) is 9.68. The van der Waals surface area contributed by atoms with E-state index in [4.69, 9.17) is 26.3 Å². The van der Waals surface area contributed by atoms with Crippen LogP contribution in [-0.2, 0) is 19.8 Å². The summed E-state index contributed by atoms with van der Waals surface area (Å²) in [6, 6.07) is 19.9. The van der Waals surface area contributed by atoms with Crippen molar-refractivity contribution in [3.8, 4) is 5.75 Å². The molecule has 190 valence electrons. The molecule has 1 aliphatic carbocycles. The highest BCUT2D eigenvalue weighted by Gasteiger charge is 2.53. The van der Waals surface area contributed by atoms with Gasteiger partial charge in [0.2, 0.25) is 6.61 Å². The number of anilines is 2. The number of fused-ring (bicyclic) bond motifs is 2. The van der Waals surface area contributed by atoms with Crippen LogP contribution in [0.3, 0.4) is 0 Å². The Balaban J connectivity index is 1.47. The highest BCUT2D eigenvalue weighted by atomic mass is 35.5. The van der Waals surface area contributed by atoms with Crippen molar-refractivity contribution in [1.29, 1.82) is 0 Å². The Hall–Kier alpha value is -4.04. The number of benzene rings is 3. The highest BCUT2D eigenvalue weighted by molar-refractivity contribution is 6.30. The van der Waals surface area contributed by atoms with Crippen LogP contribution < -0.4 is 15.0 Å². The van der Waals surface area contributed by atoms with E-state index >= 15 is 0 Å². The van der Waals surface area contributed by atoms with E-state index in [9.17, 15) is 9.59 Å². The Kier molecular flexibility index (Phi) is 6.76. The SMILES string of the molecule is COc1cc(C=NOCC(=O)O)cc(NC(C(=O)N2CC3(CC3)c3ccccc32)c2ccc(Cl)cc2)c1. The zero-order chi connectivity index (χ0) is 26.0. The second-order valence-electron chi connectivity index (χ2n) is 9.25. The number of ether oxygens (including phenoxy) is 1. The first-order valence-electron chi connectivity index (χ1n) is 11.9. The standard InChI is InChI=1S/C28H26ClN3O5/c1-36-22-13-18(15-30-37-16-25(33)34)12-21(14-22)31-26(19-6-8-20(29)9-7-19)27(35)32-17-28(10-11-28)23-4-2-3-5-24(23)32/h2-9,12-15,26,31H,10-11,16-17H2,1H3,(H,33,34). The number of oxime groups is 1. The average Bonchev–Trinajstić information content (AvgIpc) is 3.61. The lowest BCUT2D eigenvalue weighted by atomic mass is 9.99. The van der Waals surface area contributed by atoms with Crippen molar-refractivity contribution in [3.63, 3.8) is 0 Å². The van der Waals surface area contributed by atoms with Crippen molar-refractivity contribution in [2.75, 3.05) is 30.5 Å². The number of hydrogen-bond donors (Lipinski definition) is 2. The van der Waals surface area contributed by atoms with Gasteiger partial charge in [0.05, 0.1) is 13.3 Å². The third-order valence-electron chi connectivity index (χ3n) is 6.74. The first-order valence-corrected chi connectivity index (χ1v) is 12.3. The van der Waals surface area contributed by atoms with Crippen molar-refractivity contribution in [3.05, 3.63) is 88.4 Å². The number of carboxylic acids is 1. The summed E-state index contributed by atoms with van der Waals surface area (Å²) in [6.45, 7) is 0.116. The molecular weight excluding hydrogens is 494 g/mol. The van der Waals surface area contributed by atoms with E-state index in [0.717, 1.165) is 24.1 Å². The number of aliphatic carboxylic acids is 1. The topological polar surface area (TPSA) is 100 Å². The summed E-state index contributed by atoms with van der Waals surface area (Å²) in [5.74, 6) is -0.650. The van der Waals surface area contributed by atoms with Crippen molar-refractivity contribution in [1.82, 2.24) is 0 Å². The molecule has 1 heterocycles. The Morgan fingerprint density at radius 2 is 1.92 bits per heavy atom. The Labute approximate surface area is 219 Å². The normalized spacial score (nSPS) is 15.9. The molecule has 3 aromatic rings. The Morgan fingerprint density at radius 3 is 2.62 bits per heavy atom. The lowest BCUT2D eigenvalue weighted by molar-refractivity contribution is -0.142. The van der Waals surface area contributed by atoms with Gasteiger partial charge in [-0.15, -0.1) is 0 Å². The predicted octanol–water partition coefficient (Wildman–Crippen LogP) is 5.02. The number of nitrogens with zero attached hydrogens (tertiary/aromatic N) is 2. The molecular formula is C28H26ClN3O5.